The predicted octanol–water partition coefficient (Wildman–Crippen LogP) is 5.08. The summed E-state index contributed by atoms with van der Waals surface area (Å²) in [5, 5.41) is 12.1. The highest BCUT2D eigenvalue weighted by Crippen LogP contribution is 2.37. The predicted molar refractivity (Wildman–Crippen MR) is 113 cm³/mol. The molecule has 0 bridgehead atoms. The Morgan fingerprint density at radius 1 is 1.21 bits per heavy atom. The Kier molecular flexibility index (Phi) is 7.79. The van der Waals surface area contributed by atoms with Gasteiger partial charge in [0.05, 0.1) is 16.8 Å². The van der Waals surface area contributed by atoms with E-state index in [9.17, 15) is 14.9 Å². The lowest BCUT2D eigenvalue weighted by Gasteiger charge is -2.13. The summed E-state index contributed by atoms with van der Waals surface area (Å²) in [7, 11) is 0. The summed E-state index contributed by atoms with van der Waals surface area (Å²) in [6.07, 6.45) is 1.43. The number of hydrogen-bond donors (Lipinski definition) is 1. The topological polar surface area (TPSA) is 88.4 Å². The summed E-state index contributed by atoms with van der Waals surface area (Å²) in [4.78, 5) is 23.8. The summed E-state index contributed by atoms with van der Waals surface area (Å²) in [5.41, 5.74) is 0.991. The van der Waals surface area contributed by atoms with Crippen molar-refractivity contribution in [1.29, 1.82) is 5.26 Å². The third-order valence-corrected chi connectivity index (χ3v) is 4.66. The zero-order valence-corrected chi connectivity index (χ0v) is 18.3. The maximum Gasteiger partial charge on any atom is 0.308 e. The van der Waals surface area contributed by atoms with Gasteiger partial charge in [0.25, 0.3) is 5.91 Å². The molecule has 6 nitrogen and oxygen atoms in total. The number of benzene rings is 2. The number of ether oxygens (including phenoxy) is 2. The first-order valence-electron chi connectivity index (χ1n) is 8.18. The van der Waals surface area contributed by atoms with Crippen LogP contribution in [0.5, 0.6) is 11.5 Å². The van der Waals surface area contributed by atoms with Gasteiger partial charge in [-0.05, 0) is 74.7 Å². The van der Waals surface area contributed by atoms with E-state index < -0.39 is 11.9 Å². The number of amides is 1. The first-order valence-corrected chi connectivity index (χ1v) is 9.76. The zero-order valence-electron chi connectivity index (χ0n) is 15.1. The Hall–Kier alpha value is -2.63. The lowest BCUT2D eigenvalue weighted by Crippen LogP contribution is -2.13. The lowest BCUT2D eigenvalue weighted by molar-refractivity contribution is -0.132. The van der Waals surface area contributed by atoms with Crippen molar-refractivity contribution in [2.24, 2.45) is 0 Å². The van der Waals surface area contributed by atoms with E-state index in [2.05, 4.69) is 37.2 Å². The van der Waals surface area contributed by atoms with Crippen LogP contribution in [0.15, 0.2) is 50.9 Å². The molecule has 0 atom stereocenters. The quantitative estimate of drug-likeness (QED) is 0.255. The van der Waals surface area contributed by atoms with Crippen LogP contribution < -0.4 is 14.8 Å². The van der Waals surface area contributed by atoms with E-state index in [0.717, 1.165) is 0 Å². The van der Waals surface area contributed by atoms with E-state index in [1.807, 2.05) is 12.1 Å². The number of carbonyl (C=O) groups is 2. The zero-order chi connectivity index (χ0) is 20.7. The molecule has 1 amide bonds. The number of para-hydroxylation sites is 1. The number of anilines is 1. The van der Waals surface area contributed by atoms with E-state index >= 15 is 0 Å². The number of halogens is 2. The summed E-state index contributed by atoms with van der Waals surface area (Å²) in [6, 6.07) is 12.2. The van der Waals surface area contributed by atoms with Gasteiger partial charge in [-0.2, -0.15) is 5.26 Å². The van der Waals surface area contributed by atoms with Crippen molar-refractivity contribution >= 4 is 55.5 Å². The molecule has 0 aliphatic heterocycles. The standard InChI is InChI=1S/C20H16Br2N2O4/c1-3-27-18-10-13(9-16(22)19(18)28-12(2)25)8-14(11-23)20(26)24-17-7-5-4-6-15(17)21/h4-10H,3H2,1-2H3,(H,24,26)/b14-8+. The molecule has 2 rings (SSSR count). The number of nitrogens with one attached hydrogen (secondary N) is 1. The molecule has 8 heteroatoms. The van der Waals surface area contributed by atoms with Crippen LogP contribution in [0.2, 0.25) is 0 Å². The van der Waals surface area contributed by atoms with Gasteiger partial charge in [0.15, 0.2) is 11.5 Å². The smallest absolute Gasteiger partial charge is 0.308 e. The number of nitrogens with zero attached hydrogens (tertiary/aromatic N) is 1. The normalized spacial score (nSPS) is 10.8. The van der Waals surface area contributed by atoms with E-state index in [4.69, 9.17) is 9.47 Å². The van der Waals surface area contributed by atoms with Crippen LogP contribution in [0.1, 0.15) is 19.4 Å². The van der Waals surface area contributed by atoms with Gasteiger partial charge >= 0.3 is 5.97 Å². The molecule has 0 saturated carbocycles. The summed E-state index contributed by atoms with van der Waals surface area (Å²) >= 11 is 6.68. The molecule has 2 aromatic carbocycles. The molecule has 0 unspecified atom stereocenters. The molecule has 1 N–H and O–H groups in total. The number of carbonyl (C=O) groups excluding carboxylic acids is 2. The van der Waals surface area contributed by atoms with Gasteiger partial charge in [0.1, 0.15) is 11.6 Å². The van der Waals surface area contributed by atoms with E-state index in [1.165, 1.54) is 13.0 Å². The van der Waals surface area contributed by atoms with Crippen molar-refractivity contribution < 1.29 is 19.1 Å². The molecular weight excluding hydrogens is 492 g/mol. The van der Waals surface area contributed by atoms with E-state index in [-0.39, 0.29) is 11.3 Å². The maximum absolute atomic E-state index is 12.5. The number of rotatable bonds is 6. The maximum atomic E-state index is 12.5. The average Bonchev–Trinajstić information content (AvgIpc) is 2.64. The van der Waals surface area contributed by atoms with Crippen molar-refractivity contribution in [2.75, 3.05) is 11.9 Å². The second kappa shape index (κ2) is 10.1. The monoisotopic (exact) mass is 506 g/mol. The number of esters is 1. The van der Waals surface area contributed by atoms with Gasteiger partial charge in [0.2, 0.25) is 0 Å². The molecule has 28 heavy (non-hydrogen) atoms. The summed E-state index contributed by atoms with van der Waals surface area (Å²) < 4.78 is 11.9. The first-order chi connectivity index (χ1) is 13.3. The minimum absolute atomic E-state index is 0.0923. The fraction of sp³-hybridized carbons (Fsp3) is 0.150. The minimum Gasteiger partial charge on any atom is -0.490 e. The number of hydrogen-bond acceptors (Lipinski definition) is 5. The second-order valence-electron chi connectivity index (χ2n) is 5.46. The Morgan fingerprint density at radius 3 is 2.54 bits per heavy atom. The van der Waals surface area contributed by atoms with Crippen LogP contribution in [0.4, 0.5) is 5.69 Å². The molecule has 0 fully saturated rings. The molecule has 0 aliphatic rings. The fourth-order valence-corrected chi connectivity index (χ4v) is 3.17. The molecule has 0 aromatic heterocycles. The Labute approximate surface area is 179 Å². The summed E-state index contributed by atoms with van der Waals surface area (Å²) in [6.45, 7) is 3.43. The van der Waals surface area contributed by atoms with Crippen LogP contribution >= 0.6 is 31.9 Å². The van der Waals surface area contributed by atoms with Crippen molar-refractivity contribution in [3.8, 4) is 17.6 Å². The molecule has 0 spiro atoms. The largest absolute Gasteiger partial charge is 0.490 e. The molecule has 0 heterocycles. The average molecular weight is 508 g/mol. The highest BCUT2D eigenvalue weighted by molar-refractivity contribution is 9.11. The Bertz CT molecular complexity index is 981. The number of nitriles is 1. The van der Waals surface area contributed by atoms with Crippen molar-refractivity contribution in [2.45, 2.75) is 13.8 Å². The highest BCUT2D eigenvalue weighted by atomic mass is 79.9. The van der Waals surface area contributed by atoms with E-state index in [1.54, 1.807) is 37.3 Å². The van der Waals surface area contributed by atoms with Crippen molar-refractivity contribution in [3.63, 3.8) is 0 Å². The minimum atomic E-state index is -0.549. The van der Waals surface area contributed by atoms with Crippen LogP contribution in [0.3, 0.4) is 0 Å². The molecule has 0 aliphatic carbocycles. The van der Waals surface area contributed by atoms with Crippen LogP contribution in [0, 0.1) is 11.3 Å². The summed E-state index contributed by atoms with van der Waals surface area (Å²) in [5.74, 6) is -0.479. The Balaban J connectivity index is 2.37. The highest BCUT2D eigenvalue weighted by Gasteiger charge is 2.16. The third-order valence-electron chi connectivity index (χ3n) is 3.38. The molecule has 0 radical (unpaired) electrons. The fourth-order valence-electron chi connectivity index (χ4n) is 2.24. The van der Waals surface area contributed by atoms with Crippen molar-refractivity contribution in [1.82, 2.24) is 0 Å². The van der Waals surface area contributed by atoms with Gasteiger partial charge in [-0.1, -0.05) is 12.1 Å². The van der Waals surface area contributed by atoms with Crippen LogP contribution in [-0.2, 0) is 9.59 Å². The second-order valence-corrected chi connectivity index (χ2v) is 7.17. The SMILES string of the molecule is CCOc1cc(/C=C(\C#N)C(=O)Nc2ccccc2Br)cc(Br)c1OC(C)=O. The van der Waals surface area contributed by atoms with Gasteiger partial charge < -0.3 is 14.8 Å². The van der Waals surface area contributed by atoms with Gasteiger partial charge in [-0.15, -0.1) is 0 Å². The molecule has 144 valence electrons. The van der Waals surface area contributed by atoms with Crippen LogP contribution in [-0.4, -0.2) is 18.5 Å². The van der Waals surface area contributed by atoms with Crippen LogP contribution in [0.25, 0.3) is 6.08 Å². The molecular formula is C20H16Br2N2O4. The van der Waals surface area contributed by atoms with Crippen molar-refractivity contribution in [3.05, 3.63) is 56.5 Å². The lowest BCUT2D eigenvalue weighted by atomic mass is 10.1. The van der Waals surface area contributed by atoms with Gasteiger partial charge in [0, 0.05) is 11.4 Å². The van der Waals surface area contributed by atoms with E-state index in [0.29, 0.717) is 32.6 Å². The third kappa shape index (κ3) is 5.68. The van der Waals surface area contributed by atoms with Gasteiger partial charge in [-0.25, -0.2) is 0 Å². The molecule has 0 saturated heterocycles. The Morgan fingerprint density at radius 2 is 1.93 bits per heavy atom. The molecule has 2 aromatic rings. The van der Waals surface area contributed by atoms with Gasteiger partial charge in [-0.3, -0.25) is 9.59 Å². The first kappa shape index (κ1) is 21.7.